The van der Waals surface area contributed by atoms with Crippen LogP contribution in [0.3, 0.4) is 0 Å². The zero-order valence-corrected chi connectivity index (χ0v) is 18.3. The standard InChI is InChI=1S/C20H16BrN3O3S2/c21-15-8-10-17(11-9-15)29(25,26)14-13-28-20-23-22-19(18-7-4-12-27-18)24(20)16-5-2-1-3-6-16/h1-12H,13-14H2. The van der Waals surface area contributed by atoms with Gasteiger partial charge in [-0.05, 0) is 48.5 Å². The van der Waals surface area contributed by atoms with Gasteiger partial charge in [-0.1, -0.05) is 45.9 Å². The monoisotopic (exact) mass is 489 g/mol. The molecule has 0 aliphatic heterocycles. The second-order valence-electron chi connectivity index (χ2n) is 6.08. The summed E-state index contributed by atoms with van der Waals surface area (Å²) >= 11 is 4.66. The minimum atomic E-state index is -3.38. The lowest BCUT2D eigenvalue weighted by molar-refractivity contribution is 0.575. The molecule has 2 aromatic carbocycles. The third kappa shape index (κ3) is 4.47. The van der Waals surface area contributed by atoms with Crippen LogP contribution in [0.2, 0.25) is 0 Å². The number of thioether (sulfide) groups is 1. The van der Waals surface area contributed by atoms with Crippen molar-refractivity contribution in [3.05, 3.63) is 77.5 Å². The van der Waals surface area contributed by atoms with Crippen LogP contribution in [0.5, 0.6) is 0 Å². The van der Waals surface area contributed by atoms with Gasteiger partial charge in [-0.3, -0.25) is 4.57 Å². The Bertz CT molecular complexity index is 1190. The van der Waals surface area contributed by atoms with Gasteiger partial charge in [-0.15, -0.1) is 10.2 Å². The first-order valence-electron chi connectivity index (χ1n) is 8.70. The molecule has 0 unspecified atom stereocenters. The average Bonchev–Trinajstić information content (AvgIpc) is 3.38. The zero-order valence-electron chi connectivity index (χ0n) is 15.1. The average molecular weight is 490 g/mol. The second kappa shape index (κ2) is 8.56. The number of aromatic nitrogens is 3. The number of hydrogen-bond acceptors (Lipinski definition) is 6. The van der Waals surface area contributed by atoms with Crippen molar-refractivity contribution in [3.8, 4) is 17.3 Å². The van der Waals surface area contributed by atoms with Gasteiger partial charge < -0.3 is 4.42 Å². The molecular formula is C20H16BrN3O3S2. The molecule has 0 aliphatic rings. The fourth-order valence-corrected chi connectivity index (χ4v) is 5.60. The van der Waals surface area contributed by atoms with E-state index in [-0.39, 0.29) is 5.75 Å². The molecule has 148 valence electrons. The van der Waals surface area contributed by atoms with Crippen LogP contribution >= 0.6 is 27.7 Å². The molecule has 0 aliphatic carbocycles. The second-order valence-corrected chi connectivity index (χ2v) is 10.2. The van der Waals surface area contributed by atoms with E-state index in [1.165, 1.54) is 11.8 Å². The van der Waals surface area contributed by atoms with Crippen LogP contribution in [-0.4, -0.2) is 34.7 Å². The van der Waals surface area contributed by atoms with E-state index in [1.807, 2.05) is 41.0 Å². The largest absolute Gasteiger partial charge is 0.461 e. The molecule has 0 radical (unpaired) electrons. The highest BCUT2D eigenvalue weighted by Gasteiger charge is 2.20. The maximum atomic E-state index is 12.6. The van der Waals surface area contributed by atoms with Crippen molar-refractivity contribution >= 4 is 37.5 Å². The molecule has 0 atom stereocenters. The van der Waals surface area contributed by atoms with Gasteiger partial charge in [-0.2, -0.15) is 0 Å². The number of furan rings is 1. The van der Waals surface area contributed by atoms with Crippen molar-refractivity contribution in [1.82, 2.24) is 14.8 Å². The number of sulfone groups is 1. The highest BCUT2D eigenvalue weighted by molar-refractivity contribution is 9.10. The van der Waals surface area contributed by atoms with Crippen LogP contribution < -0.4 is 0 Å². The molecule has 0 fully saturated rings. The van der Waals surface area contributed by atoms with Gasteiger partial charge in [0.25, 0.3) is 0 Å². The van der Waals surface area contributed by atoms with Gasteiger partial charge in [0.15, 0.2) is 20.8 Å². The number of para-hydroxylation sites is 1. The molecule has 29 heavy (non-hydrogen) atoms. The smallest absolute Gasteiger partial charge is 0.205 e. The molecule has 4 aromatic rings. The Morgan fingerprint density at radius 3 is 2.41 bits per heavy atom. The Kier molecular flexibility index (Phi) is 5.89. The summed E-state index contributed by atoms with van der Waals surface area (Å²) in [6.07, 6.45) is 1.58. The third-order valence-electron chi connectivity index (χ3n) is 4.15. The van der Waals surface area contributed by atoms with Crippen LogP contribution in [-0.2, 0) is 9.84 Å². The summed E-state index contributed by atoms with van der Waals surface area (Å²) in [7, 11) is -3.38. The van der Waals surface area contributed by atoms with Crippen LogP contribution in [0.25, 0.3) is 17.3 Å². The van der Waals surface area contributed by atoms with E-state index in [2.05, 4.69) is 26.1 Å². The number of rotatable bonds is 7. The summed E-state index contributed by atoms with van der Waals surface area (Å²) in [6, 6.07) is 19.9. The molecule has 0 amide bonds. The fraction of sp³-hybridized carbons (Fsp3) is 0.100. The van der Waals surface area contributed by atoms with Crippen molar-refractivity contribution in [3.63, 3.8) is 0 Å². The zero-order chi connectivity index (χ0) is 20.3. The maximum absolute atomic E-state index is 12.6. The van der Waals surface area contributed by atoms with Gasteiger partial charge >= 0.3 is 0 Å². The Morgan fingerprint density at radius 2 is 1.72 bits per heavy atom. The van der Waals surface area contributed by atoms with Gasteiger partial charge in [-0.25, -0.2) is 8.42 Å². The van der Waals surface area contributed by atoms with Crippen molar-refractivity contribution in [2.24, 2.45) is 0 Å². The van der Waals surface area contributed by atoms with Crippen molar-refractivity contribution < 1.29 is 12.8 Å². The summed E-state index contributed by atoms with van der Waals surface area (Å²) < 4.78 is 33.4. The van der Waals surface area contributed by atoms with Gasteiger partial charge in [0.1, 0.15) is 0 Å². The molecule has 0 bridgehead atoms. The predicted octanol–water partition coefficient (Wildman–Crippen LogP) is 4.86. The van der Waals surface area contributed by atoms with Crippen LogP contribution in [0, 0.1) is 0 Å². The number of hydrogen-bond donors (Lipinski definition) is 0. The topological polar surface area (TPSA) is 78.0 Å². The van der Waals surface area contributed by atoms with E-state index in [0.717, 1.165) is 10.2 Å². The van der Waals surface area contributed by atoms with E-state index in [4.69, 9.17) is 4.42 Å². The Morgan fingerprint density at radius 1 is 0.966 bits per heavy atom. The Balaban J connectivity index is 1.57. The van der Waals surface area contributed by atoms with E-state index < -0.39 is 9.84 Å². The summed E-state index contributed by atoms with van der Waals surface area (Å²) in [6.45, 7) is 0. The molecule has 6 nitrogen and oxygen atoms in total. The van der Waals surface area contributed by atoms with Crippen LogP contribution in [0.15, 0.2) is 91.9 Å². The molecule has 0 saturated carbocycles. The number of nitrogens with zero attached hydrogens (tertiary/aromatic N) is 3. The number of benzene rings is 2. The first kappa shape index (κ1) is 19.9. The minimum absolute atomic E-state index is 0.00294. The lowest BCUT2D eigenvalue weighted by atomic mass is 10.3. The molecule has 9 heteroatoms. The summed E-state index contributed by atoms with van der Waals surface area (Å²) in [5.74, 6) is 1.51. The molecule has 0 saturated heterocycles. The number of halogens is 1. The molecule has 2 aromatic heterocycles. The third-order valence-corrected chi connectivity index (χ3v) is 7.60. The Labute approximate surface area is 181 Å². The highest BCUT2D eigenvalue weighted by atomic mass is 79.9. The predicted molar refractivity (Wildman–Crippen MR) is 116 cm³/mol. The van der Waals surface area contributed by atoms with Crippen molar-refractivity contribution in [2.45, 2.75) is 10.1 Å². The quantitative estimate of drug-likeness (QED) is 0.345. The van der Waals surface area contributed by atoms with Gasteiger partial charge in [0.2, 0.25) is 5.82 Å². The van der Waals surface area contributed by atoms with Crippen LogP contribution in [0.1, 0.15) is 0 Å². The fourth-order valence-electron chi connectivity index (χ4n) is 2.74. The van der Waals surface area contributed by atoms with E-state index in [9.17, 15) is 8.42 Å². The van der Waals surface area contributed by atoms with Crippen molar-refractivity contribution in [1.29, 1.82) is 0 Å². The first-order valence-corrected chi connectivity index (χ1v) is 12.1. The first-order chi connectivity index (χ1) is 14.0. The van der Waals surface area contributed by atoms with E-state index in [1.54, 1.807) is 36.6 Å². The van der Waals surface area contributed by atoms with E-state index >= 15 is 0 Å². The summed E-state index contributed by atoms with van der Waals surface area (Å²) in [5.41, 5.74) is 0.877. The lowest BCUT2D eigenvalue weighted by Gasteiger charge is -2.09. The normalized spacial score (nSPS) is 11.6. The van der Waals surface area contributed by atoms with E-state index in [0.29, 0.717) is 27.4 Å². The SMILES string of the molecule is O=S(=O)(CCSc1nnc(-c2ccco2)n1-c1ccccc1)c1ccc(Br)cc1. The molecule has 0 spiro atoms. The maximum Gasteiger partial charge on any atom is 0.205 e. The summed E-state index contributed by atoms with van der Waals surface area (Å²) in [4.78, 5) is 0.308. The Hall–Kier alpha value is -2.36. The molecule has 2 heterocycles. The minimum Gasteiger partial charge on any atom is -0.461 e. The van der Waals surface area contributed by atoms with Gasteiger partial charge in [0.05, 0.1) is 16.9 Å². The lowest BCUT2D eigenvalue weighted by Crippen LogP contribution is -2.09. The highest BCUT2D eigenvalue weighted by Crippen LogP contribution is 2.28. The van der Waals surface area contributed by atoms with Crippen molar-refractivity contribution in [2.75, 3.05) is 11.5 Å². The van der Waals surface area contributed by atoms with Crippen LogP contribution in [0.4, 0.5) is 0 Å². The summed E-state index contributed by atoms with van der Waals surface area (Å²) in [5, 5.41) is 9.13. The van der Waals surface area contributed by atoms with Gasteiger partial charge in [0, 0.05) is 15.9 Å². The molecule has 0 N–H and O–H groups in total. The molecule has 4 rings (SSSR count). The molecular weight excluding hydrogens is 474 g/mol.